The third-order valence-electron chi connectivity index (χ3n) is 2.34. The van der Waals surface area contributed by atoms with Gasteiger partial charge < -0.3 is 10.1 Å². The molecule has 4 nitrogen and oxygen atoms in total. The quantitative estimate of drug-likeness (QED) is 0.927. The van der Waals surface area contributed by atoms with Crippen LogP contribution in [0.3, 0.4) is 0 Å². The van der Waals surface area contributed by atoms with Gasteiger partial charge in [0.2, 0.25) is 5.88 Å². The number of halogens is 2. The molecule has 1 amide bonds. The van der Waals surface area contributed by atoms with Gasteiger partial charge in [-0.2, -0.15) is 0 Å². The molecule has 0 spiro atoms. The topological polar surface area (TPSA) is 51.2 Å². The highest BCUT2D eigenvalue weighted by Crippen LogP contribution is 2.16. The van der Waals surface area contributed by atoms with Crippen LogP contribution in [-0.4, -0.2) is 18.0 Å². The van der Waals surface area contributed by atoms with Crippen molar-refractivity contribution in [3.05, 3.63) is 53.7 Å². The Balaban J connectivity index is 2.20. The molecule has 1 heterocycles. The molecule has 0 aliphatic heterocycles. The number of amides is 1. The number of benzene rings is 1. The highest BCUT2D eigenvalue weighted by atomic mass is 19.1. The van der Waals surface area contributed by atoms with E-state index >= 15 is 0 Å². The molecule has 0 radical (unpaired) electrons. The fourth-order valence-corrected chi connectivity index (χ4v) is 1.43. The van der Waals surface area contributed by atoms with Crippen LogP contribution in [0.4, 0.5) is 14.5 Å². The zero-order valence-electron chi connectivity index (χ0n) is 9.98. The van der Waals surface area contributed by atoms with Crippen LogP contribution in [0, 0.1) is 11.6 Å². The van der Waals surface area contributed by atoms with Crippen molar-refractivity contribution in [1.29, 1.82) is 0 Å². The van der Waals surface area contributed by atoms with E-state index in [1.807, 2.05) is 0 Å². The second-order valence-corrected chi connectivity index (χ2v) is 3.64. The van der Waals surface area contributed by atoms with Crippen molar-refractivity contribution < 1.29 is 18.3 Å². The summed E-state index contributed by atoms with van der Waals surface area (Å²) in [5, 5.41) is 2.31. The average molecular weight is 264 g/mol. The van der Waals surface area contributed by atoms with Crippen molar-refractivity contribution >= 4 is 11.6 Å². The predicted octanol–water partition coefficient (Wildman–Crippen LogP) is 2.62. The molecule has 0 saturated carbocycles. The van der Waals surface area contributed by atoms with E-state index in [4.69, 9.17) is 4.74 Å². The predicted molar refractivity (Wildman–Crippen MR) is 65.1 cm³/mol. The Morgan fingerprint density at radius 2 is 2.05 bits per heavy atom. The average Bonchev–Trinajstić information content (AvgIpc) is 2.42. The first kappa shape index (κ1) is 12.9. The van der Waals surface area contributed by atoms with Crippen molar-refractivity contribution in [3.63, 3.8) is 0 Å². The molecule has 19 heavy (non-hydrogen) atoms. The monoisotopic (exact) mass is 264 g/mol. The first-order valence-corrected chi connectivity index (χ1v) is 5.37. The van der Waals surface area contributed by atoms with Crippen molar-refractivity contribution in [3.8, 4) is 5.88 Å². The molecule has 1 aromatic carbocycles. The van der Waals surface area contributed by atoms with Crippen LogP contribution in [0.1, 0.15) is 10.5 Å². The number of anilines is 1. The summed E-state index contributed by atoms with van der Waals surface area (Å²) in [5.74, 6) is -1.90. The van der Waals surface area contributed by atoms with E-state index in [1.165, 1.54) is 13.2 Å². The number of nitrogens with one attached hydrogen (secondary N) is 1. The van der Waals surface area contributed by atoms with Crippen LogP contribution < -0.4 is 10.1 Å². The summed E-state index contributed by atoms with van der Waals surface area (Å²) in [6.45, 7) is 0. The highest BCUT2D eigenvalue weighted by molar-refractivity contribution is 6.02. The second kappa shape index (κ2) is 5.43. The number of aromatic nitrogens is 1. The van der Waals surface area contributed by atoms with Gasteiger partial charge in [-0.25, -0.2) is 13.8 Å². The number of carbonyl (C=O) groups is 1. The van der Waals surface area contributed by atoms with Gasteiger partial charge in [0.15, 0.2) is 0 Å². The van der Waals surface area contributed by atoms with Gasteiger partial charge in [0, 0.05) is 12.1 Å². The summed E-state index contributed by atoms with van der Waals surface area (Å²) in [4.78, 5) is 15.7. The third-order valence-corrected chi connectivity index (χ3v) is 2.34. The molecular weight excluding hydrogens is 254 g/mol. The minimum absolute atomic E-state index is 0.0723. The second-order valence-electron chi connectivity index (χ2n) is 3.64. The lowest BCUT2D eigenvalue weighted by Crippen LogP contribution is -2.14. The van der Waals surface area contributed by atoms with Crippen molar-refractivity contribution in [1.82, 2.24) is 4.98 Å². The zero-order chi connectivity index (χ0) is 13.8. The number of hydrogen-bond donors (Lipinski definition) is 1. The van der Waals surface area contributed by atoms with Gasteiger partial charge in [0.25, 0.3) is 5.91 Å². The van der Waals surface area contributed by atoms with Crippen LogP contribution in [0.25, 0.3) is 0 Å². The maximum atomic E-state index is 13.4. The number of hydrogen-bond acceptors (Lipinski definition) is 3. The summed E-state index contributed by atoms with van der Waals surface area (Å²) in [7, 11) is 1.42. The third kappa shape index (κ3) is 3.04. The molecule has 0 atom stereocenters. The molecule has 1 N–H and O–H groups in total. The molecule has 6 heteroatoms. The number of rotatable bonds is 3. The van der Waals surface area contributed by atoms with Crippen LogP contribution >= 0.6 is 0 Å². The Morgan fingerprint density at radius 1 is 1.26 bits per heavy atom. The summed E-state index contributed by atoms with van der Waals surface area (Å²) >= 11 is 0. The first-order chi connectivity index (χ1) is 9.10. The van der Waals surface area contributed by atoms with E-state index in [0.717, 1.165) is 12.1 Å². The Morgan fingerprint density at radius 3 is 2.74 bits per heavy atom. The van der Waals surface area contributed by atoms with Gasteiger partial charge in [-0.3, -0.25) is 4.79 Å². The standard InChI is InChI=1S/C13H10F2N2O2/c1-19-12-4-2-3-11(16-12)13(18)17-10-6-5-8(14)7-9(10)15/h2-7H,1H3,(H,17,18). The lowest BCUT2D eigenvalue weighted by atomic mass is 10.2. The number of pyridine rings is 1. The molecular formula is C13H10F2N2O2. The molecule has 0 unspecified atom stereocenters. The van der Waals surface area contributed by atoms with E-state index in [-0.39, 0.29) is 17.3 Å². The van der Waals surface area contributed by atoms with Crippen molar-refractivity contribution in [2.24, 2.45) is 0 Å². The van der Waals surface area contributed by atoms with Crippen LogP contribution in [-0.2, 0) is 0 Å². The lowest BCUT2D eigenvalue weighted by Gasteiger charge is -2.06. The SMILES string of the molecule is COc1cccc(C(=O)Nc2ccc(F)cc2F)n1. The lowest BCUT2D eigenvalue weighted by molar-refractivity contribution is 0.102. The van der Waals surface area contributed by atoms with E-state index in [2.05, 4.69) is 10.3 Å². The van der Waals surface area contributed by atoms with E-state index in [1.54, 1.807) is 12.1 Å². The summed E-state index contributed by atoms with van der Waals surface area (Å²) in [5.41, 5.74) is -0.0425. The van der Waals surface area contributed by atoms with Crippen molar-refractivity contribution in [2.45, 2.75) is 0 Å². The van der Waals surface area contributed by atoms with Gasteiger partial charge in [-0.05, 0) is 18.2 Å². The van der Waals surface area contributed by atoms with Crippen molar-refractivity contribution in [2.75, 3.05) is 12.4 Å². The first-order valence-electron chi connectivity index (χ1n) is 5.37. The molecule has 0 saturated heterocycles. The molecule has 1 aromatic heterocycles. The largest absolute Gasteiger partial charge is 0.481 e. The molecule has 2 aromatic rings. The van der Waals surface area contributed by atoms with E-state index in [0.29, 0.717) is 6.07 Å². The van der Waals surface area contributed by atoms with Gasteiger partial charge in [0.05, 0.1) is 12.8 Å². The van der Waals surface area contributed by atoms with Gasteiger partial charge in [-0.1, -0.05) is 6.07 Å². The number of methoxy groups -OCH3 is 1. The van der Waals surface area contributed by atoms with Gasteiger partial charge >= 0.3 is 0 Å². The normalized spacial score (nSPS) is 10.1. The van der Waals surface area contributed by atoms with Crippen LogP contribution in [0.5, 0.6) is 5.88 Å². The number of ether oxygens (including phenoxy) is 1. The Hall–Kier alpha value is -2.50. The van der Waals surface area contributed by atoms with E-state index < -0.39 is 17.5 Å². The molecule has 0 fully saturated rings. The fraction of sp³-hybridized carbons (Fsp3) is 0.0769. The molecule has 0 bridgehead atoms. The van der Waals surface area contributed by atoms with E-state index in [9.17, 15) is 13.6 Å². The maximum Gasteiger partial charge on any atom is 0.274 e. The number of nitrogens with zero attached hydrogens (tertiary/aromatic N) is 1. The van der Waals surface area contributed by atoms with Gasteiger partial charge in [0.1, 0.15) is 17.3 Å². The smallest absolute Gasteiger partial charge is 0.274 e. The summed E-state index contributed by atoms with van der Waals surface area (Å²) in [6.07, 6.45) is 0. The Labute approximate surface area is 108 Å². The summed E-state index contributed by atoms with van der Waals surface area (Å²) in [6, 6.07) is 7.51. The maximum absolute atomic E-state index is 13.4. The Bertz CT molecular complexity index is 617. The fourth-order valence-electron chi connectivity index (χ4n) is 1.43. The minimum atomic E-state index is -0.851. The molecule has 0 aliphatic carbocycles. The minimum Gasteiger partial charge on any atom is -0.481 e. The van der Waals surface area contributed by atoms with Crippen LogP contribution in [0.2, 0.25) is 0 Å². The molecule has 2 rings (SSSR count). The number of carbonyl (C=O) groups excluding carboxylic acids is 1. The zero-order valence-corrected chi connectivity index (χ0v) is 9.98. The van der Waals surface area contributed by atoms with Gasteiger partial charge in [-0.15, -0.1) is 0 Å². The highest BCUT2D eigenvalue weighted by Gasteiger charge is 2.11. The Kier molecular flexibility index (Phi) is 3.70. The summed E-state index contributed by atoms with van der Waals surface area (Å²) < 4.78 is 31.0. The van der Waals surface area contributed by atoms with Crippen LogP contribution in [0.15, 0.2) is 36.4 Å². The molecule has 0 aliphatic rings. The molecule has 98 valence electrons.